The normalized spacial score (nSPS) is 22.8. The Morgan fingerprint density at radius 2 is 2.04 bits per heavy atom. The minimum atomic E-state index is -0.0163. The number of likely N-dealkylation sites (N-methyl/N-ethyl adjacent to an activating group) is 1. The second-order valence-corrected chi connectivity index (χ2v) is 8.03. The van der Waals surface area contributed by atoms with Crippen molar-refractivity contribution in [2.75, 3.05) is 39.3 Å². The first-order chi connectivity index (χ1) is 13.7. The van der Waals surface area contributed by atoms with E-state index in [4.69, 9.17) is 0 Å². The maximum absolute atomic E-state index is 12.8. The summed E-state index contributed by atoms with van der Waals surface area (Å²) in [6.07, 6.45) is 4.21. The molecule has 3 rings (SSSR count). The Balaban J connectivity index is 1.44. The van der Waals surface area contributed by atoms with Crippen LogP contribution in [0.1, 0.15) is 38.2 Å². The van der Waals surface area contributed by atoms with Crippen molar-refractivity contribution in [3.63, 3.8) is 0 Å². The number of hydrogen-bond donors (Lipinski definition) is 2. The molecule has 6 heteroatoms. The van der Waals surface area contributed by atoms with Crippen LogP contribution in [0, 0.1) is 5.92 Å². The molecule has 2 saturated heterocycles. The third kappa shape index (κ3) is 6.04. The molecule has 154 valence electrons. The molecule has 0 spiro atoms. The van der Waals surface area contributed by atoms with Gasteiger partial charge in [-0.1, -0.05) is 30.3 Å². The summed E-state index contributed by atoms with van der Waals surface area (Å²) in [5.41, 5.74) is 1.16. The second-order valence-electron chi connectivity index (χ2n) is 8.03. The number of amides is 2. The Hall–Kier alpha value is -1.92. The molecule has 2 N–H and O–H groups in total. The van der Waals surface area contributed by atoms with Crippen LogP contribution in [0.15, 0.2) is 30.3 Å². The van der Waals surface area contributed by atoms with Crippen molar-refractivity contribution in [1.29, 1.82) is 0 Å². The molecule has 0 aliphatic carbocycles. The van der Waals surface area contributed by atoms with E-state index < -0.39 is 0 Å². The molecule has 2 fully saturated rings. The van der Waals surface area contributed by atoms with Crippen LogP contribution in [0.3, 0.4) is 0 Å². The van der Waals surface area contributed by atoms with Crippen LogP contribution >= 0.6 is 0 Å². The fraction of sp³-hybridized carbons (Fsp3) is 0.636. The number of rotatable bonds is 8. The van der Waals surface area contributed by atoms with Crippen molar-refractivity contribution in [3.8, 4) is 0 Å². The van der Waals surface area contributed by atoms with E-state index >= 15 is 0 Å². The van der Waals surface area contributed by atoms with Crippen molar-refractivity contribution in [2.24, 2.45) is 5.92 Å². The van der Waals surface area contributed by atoms with E-state index in [9.17, 15) is 9.59 Å². The van der Waals surface area contributed by atoms with Crippen LogP contribution < -0.4 is 10.6 Å². The van der Waals surface area contributed by atoms with Crippen molar-refractivity contribution in [1.82, 2.24) is 20.4 Å². The molecule has 2 unspecified atom stereocenters. The van der Waals surface area contributed by atoms with E-state index in [0.29, 0.717) is 25.6 Å². The van der Waals surface area contributed by atoms with Gasteiger partial charge in [-0.2, -0.15) is 0 Å². The maximum Gasteiger partial charge on any atom is 0.237 e. The summed E-state index contributed by atoms with van der Waals surface area (Å²) in [5.74, 6) is 0.744. The molecular weight excluding hydrogens is 352 g/mol. The van der Waals surface area contributed by atoms with E-state index in [0.717, 1.165) is 57.4 Å². The van der Waals surface area contributed by atoms with Gasteiger partial charge >= 0.3 is 0 Å². The highest BCUT2D eigenvalue weighted by Gasteiger charge is 2.26. The number of likely N-dealkylation sites (tertiary alicyclic amines) is 1. The SMILES string of the molecule is CCN(Cc1ccccc1)C(=O)CN1CCCC(CNC(=O)C2CCCN2)C1. The zero-order valence-electron chi connectivity index (χ0n) is 17.0. The first-order valence-corrected chi connectivity index (χ1v) is 10.7. The molecule has 2 aliphatic rings. The Labute approximate surface area is 168 Å². The quantitative estimate of drug-likeness (QED) is 0.713. The van der Waals surface area contributed by atoms with Crippen LogP contribution in [-0.2, 0) is 16.1 Å². The standard InChI is InChI=1S/C22H34N4O2/c1-2-26(16-18-8-4-3-5-9-18)21(27)17-25-13-7-10-19(15-25)14-24-22(28)20-11-6-12-23-20/h3-5,8-9,19-20,23H,2,6-7,10-17H2,1H3,(H,24,28). The Morgan fingerprint density at radius 1 is 1.21 bits per heavy atom. The van der Waals surface area contributed by atoms with Crippen molar-refractivity contribution >= 4 is 11.8 Å². The first kappa shape index (κ1) is 20.8. The molecule has 2 aliphatic heterocycles. The lowest BCUT2D eigenvalue weighted by Gasteiger charge is -2.34. The van der Waals surface area contributed by atoms with Gasteiger partial charge in [-0.3, -0.25) is 14.5 Å². The smallest absolute Gasteiger partial charge is 0.237 e. The third-order valence-corrected chi connectivity index (χ3v) is 5.85. The zero-order valence-corrected chi connectivity index (χ0v) is 17.0. The van der Waals surface area contributed by atoms with Crippen LogP contribution in [0.5, 0.6) is 0 Å². The molecule has 1 aromatic rings. The monoisotopic (exact) mass is 386 g/mol. The molecule has 0 saturated carbocycles. The minimum Gasteiger partial charge on any atom is -0.354 e. The lowest BCUT2D eigenvalue weighted by Crippen LogP contribution is -2.47. The molecule has 2 atom stereocenters. The molecule has 28 heavy (non-hydrogen) atoms. The highest BCUT2D eigenvalue weighted by Crippen LogP contribution is 2.16. The molecular formula is C22H34N4O2. The fourth-order valence-corrected chi connectivity index (χ4v) is 4.21. The summed E-state index contributed by atoms with van der Waals surface area (Å²) in [7, 11) is 0. The zero-order chi connectivity index (χ0) is 19.8. The number of benzene rings is 1. The number of piperidine rings is 1. The number of nitrogens with zero attached hydrogens (tertiary/aromatic N) is 2. The summed E-state index contributed by atoms with van der Waals surface area (Å²) in [6.45, 7) is 7.38. The van der Waals surface area contributed by atoms with Crippen LogP contribution in [-0.4, -0.2) is 66.9 Å². The van der Waals surface area contributed by atoms with E-state index in [1.165, 1.54) is 0 Å². The number of carbonyl (C=O) groups is 2. The van der Waals surface area contributed by atoms with Gasteiger partial charge in [0.1, 0.15) is 0 Å². The van der Waals surface area contributed by atoms with Crippen molar-refractivity contribution < 1.29 is 9.59 Å². The summed E-state index contributed by atoms with van der Waals surface area (Å²) in [5, 5.41) is 6.36. The van der Waals surface area contributed by atoms with Crippen LogP contribution in [0.2, 0.25) is 0 Å². The van der Waals surface area contributed by atoms with Crippen LogP contribution in [0.25, 0.3) is 0 Å². The molecule has 2 amide bonds. The molecule has 6 nitrogen and oxygen atoms in total. The Bertz CT molecular complexity index is 631. The average Bonchev–Trinajstić information content (AvgIpc) is 3.26. The third-order valence-electron chi connectivity index (χ3n) is 5.85. The maximum atomic E-state index is 12.8. The van der Waals surface area contributed by atoms with E-state index in [-0.39, 0.29) is 17.9 Å². The highest BCUT2D eigenvalue weighted by molar-refractivity contribution is 5.82. The predicted molar refractivity (Wildman–Crippen MR) is 111 cm³/mol. The van der Waals surface area contributed by atoms with Gasteiger partial charge in [-0.15, -0.1) is 0 Å². The molecule has 2 heterocycles. The van der Waals surface area contributed by atoms with Crippen molar-refractivity contribution in [2.45, 2.75) is 45.2 Å². The Morgan fingerprint density at radius 3 is 2.75 bits per heavy atom. The molecule has 0 bridgehead atoms. The van der Waals surface area contributed by atoms with Gasteiger partial charge in [-0.05, 0) is 57.2 Å². The topological polar surface area (TPSA) is 64.7 Å². The van der Waals surface area contributed by atoms with Gasteiger partial charge < -0.3 is 15.5 Å². The number of carbonyl (C=O) groups excluding carboxylic acids is 2. The van der Waals surface area contributed by atoms with Gasteiger partial charge in [-0.25, -0.2) is 0 Å². The summed E-state index contributed by atoms with van der Waals surface area (Å²) < 4.78 is 0. The van der Waals surface area contributed by atoms with Gasteiger partial charge in [0, 0.05) is 26.2 Å². The largest absolute Gasteiger partial charge is 0.354 e. The van der Waals surface area contributed by atoms with Crippen molar-refractivity contribution in [3.05, 3.63) is 35.9 Å². The van der Waals surface area contributed by atoms with Gasteiger partial charge in [0.2, 0.25) is 11.8 Å². The first-order valence-electron chi connectivity index (χ1n) is 10.7. The van der Waals surface area contributed by atoms with Gasteiger partial charge in [0.15, 0.2) is 0 Å². The lowest BCUT2D eigenvalue weighted by molar-refractivity contribution is -0.133. The lowest BCUT2D eigenvalue weighted by atomic mass is 9.97. The number of nitrogens with one attached hydrogen (secondary N) is 2. The molecule has 0 radical (unpaired) electrons. The molecule has 0 aromatic heterocycles. The fourth-order valence-electron chi connectivity index (χ4n) is 4.21. The number of hydrogen-bond acceptors (Lipinski definition) is 4. The summed E-state index contributed by atoms with van der Waals surface area (Å²) in [4.78, 5) is 29.2. The summed E-state index contributed by atoms with van der Waals surface area (Å²) in [6, 6.07) is 10.1. The molecule has 1 aromatic carbocycles. The van der Waals surface area contributed by atoms with Gasteiger partial charge in [0.25, 0.3) is 0 Å². The average molecular weight is 387 g/mol. The minimum absolute atomic E-state index is 0.0163. The summed E-state index contributed by atoms with van der Waals surface area (Å²) >= 11 is 0. The van der Waals surface area contributed by atoms with E-state index in [1.807, 2.05) is 30.0 Å². The van der Waals surface area contributed by atoms with E-state index in [2.05, 4.69) is 27.7 Å². The van der Waals surface area contributed by atoms with E-state index in [1.54, 1.807) is 0 Å². The highest BCUT2D eigenvalue weighted by atomic mass is 16.2. The van der Waals surface area contributed by atoms with Gasteiger partial charge in [0.05, 0.1) is 12.6 Å². The van der Waals surface area contributed by atoms with Crippen LogP contribution in [0.4, 0.5) is 0 Å². The predicted octanol–water partition coefficient (Wildman–Crippen LogP) is 1.62. The Kier molecular flexibility index (Phi) is 7.86. The second kappa shape index (κ2) is 10.6.